The van der Waals surface area contributed by atoms with Crippen LogP contribution in [0.15, 0.2) is 0 Å². The van der Waals surface area contributed by atoms with Gasteiger partial charge < -0.3 is 14.2 Å². The van der Waals surface area contributed by atoms with Crippen molar-refractivity contribution in [3.63, 3.8) is 0 Å². The molecule has 5 nitrogen and oxygen atoms in total. The van der Waals surface area contributed by atoms with Crippen molar-refractivity contribution in [1.82, 2.24) is 0 Å². The molecule has 0 bridgehead atoms. The maximum Gasteiger partial charge on any atom is 0.106 e. The SMILES string of the molecule is C1CCOCCOOCCOCCOC1. The lowest BCUT2D eigenvalue weighted by molar-refractivity contribution is -0.303. The van der Waals surface area contributed by atoms with Crippen molar-refractivity contribution < 1.29 is 24.0 Å². The van der Waals surface area contributed by atoms with Crippen molar-refractivity contribution in [2.24, 2.45) is 0 Å². The van der Waals surface area contributed by atoms with E-state index in [4.69, 9.17) is 24.0 Å². The third-order valence-corrected chi connectivity index (χ3v) is 1.90. The van der Waals surface area contributed by atoms with E-state index < -0.39 is 0 Å². The summed E-state index contributed by atoms with van der Waals surface area (Å²) in [6, 6.07) is 0. The summed E-state index contributed by atoms with van der Waals surface area (Å²) in [6.07, 6.45) is 2.04. The Hall–Kier alpha value is -0.200. The molecule has 5 heteroatoms. The van der Waals surface area contributed by atoms with Crippen molar-refractivity contribution in [3.05, 3.63) is 0 Å². The summed E-state index contributed by atoms with van der Waals surface area (Å²) in [7, 11) is 0. The van der Waals surface area contributed by atoms with Crippen LogP contribution in [0.1, 0.15) is 12.8 Å². The monoisotopic (exact) mass is 220 g/mol. The van der Waals surface area contributed by atoms with Gasteiger partial charge in [-0.1, -0.05) is 0 Å². The van der Waals surface area contributed by atoms with E-state index >= 15 is 0 Å². The lowest BCUT2D eigenvalue weighted by Gasteiger charge is -2.05. The van der Waals surface area contributed by atoms with Crippen molar-refractivity contribution in [1.29, 1.82) is 0 Å². The van der Waals surface area contributed by atoms with Crippen LogP contribution in [-0.2, 0) is 24.0 Å². The Bertz CT molecular complexity index is 72.4. The van der Waals surface area contributed by atoms with Gasteiger partial charge in [0, 0.05) is 13.2 Å². The normalized spacial score (nSPS) is 24.0. The topological polar surface area (TPSA) is 46.2 Å². The molecule has 1 fully saturated rings. The molecule has 90 valence electrons. The van der Waals surface area contributed by atoms with Crippen molar-refractivity contribution >= 4 is 0 Å². The Kier molecular flexibility index (Phi) is 8.85. The molecule has 1 saturated heterocycles. The Balaban J connectivity index is 2.01. The van der Waals surface area contributed by atoms with Gasteiger partial charge in [0.25, 0.3) is 0 Å². The van der Waals surface area contributed by atoms with Crippen LogP contribution in [0.4, 0.5) is 0 Å². The Morgan fingerprint density at radius 3 is 1.33 bits per heavy atom. The first-order chi connectivity index (χ1) is 7.50. The molecule has 1 rings (SSSR count). The van der Waals surface area contributed by atoms with Crippen LogP contribution in [0.3, 0.4) is 0 Å². The van der Waals surface area contributed by atoms with Gasteiger partial charge in [0.1, 0.15) is 13.2 Å². The van der Waals surface area contributed by atoms with Crippen LogP contribution >= 0.6 is 0 Å². The molecule has 0 unspecified atom stereocenters. The van der Waals surface area contributed by atoms with Gasteiger partial charge in [-0.3, -0.25) is 0 Å². The van der Waals surface area contributed by atoms with E-state index in [1.807, 2.05) is 0 Å². The van der Waals surface area contributed by atoms with Crippen LogP contribution < -0.4 is 0 Å². The molecule has 0 atom stereocenters. The molecule has 1 aliphatic rings. The van der Waals surface area contributed by atoms with Gasteiger partial charge in [-0.05, 0) is 12.8 Å². The highest BCUT2D eigenvalue weighted by Gasteiger charge is 1.95. The van der Waals surface area contributed by atoms with Gasteiger partial charge in [-0.25, -0.2) is 9.78 Å². The molecule has 0 spiro atoms. The summed E-state index contributed by atoms with van der Waals surface area (Å²) in [5.74, 6) is 0. The molecular formula is C10H20O5. The zero-order chi connectivity index (χ0) is 10.6. The standard InChI is InChI=1S/C10H20O5/c1-2-4-12-7-9-14-15-10-8-13-6-5-11-3-1/h1-10H2. The smallest absolute Gasteiger partial charge is 0.106 e. The molecule has 0 aromatic rings. The molecule has 0 aliphatic carbocycles. The zero-order valence-corrected chi connectivity index (χ0v) is 9.11. The maximum atomic E-state index is 5.36. The summed E-state index contributed by atoms with van der Waals surface area (Å²) in [5, 5.41) is 0. The molecule has 1 heterocycles. The minimum Gasteiger partial charge on any atom is -0.379 e. The van der Waals surface area contributed by atoms with Gasteiger partial charge in [-0.15, -0.1) is 0 Å². The van der Waals surface area contributed by atoms with E-state index in [0.717, 1.165) is 26.1 Å². The quantitative estimate of drug-likeness (QED) is 0.564. The van der Waals surface area contributed by atoms with Gasteiger partial charge in [0.05, 0.1) is 26.4 Å². The molecule has 0 amide bonds. The van der Waals surface area contributed by atoms with Gasteiger partial charge in [0.15, 0.2) is 0 Å². The fraction of sp³-hybridized carbons (Fsp3) is 1.00. The van der Waals surface area contributed by atoms with Crippen molar-refractivity contribution in [2.45, 2.75) is 12.8 Å². The number of hydrogen-bond donors (Lipinski definition) is 0. The highest BCUT2D eigenvalue weighted by atomic mass is 17.2. The largest absolute Gasteiger partial charge is 0.379 e. The van der Waals surface area contributed by atoms with E-state index in [-0.39, 0.29) is 0 Å². The predicted octanol–water partition coefficient (Wildman–Crippen LogP) is 0.778. The third-order valence-electron chi connectivity index (χ3n) is 1.90. The van der Waals surface area contributed by atoms with Crippen LogP contribution in [0.2, 0.25) is 0 Å². The molecule has 1 aliphatic heterocycles. The Labute approximate surface area is 90.5 Å². The second-order valence-electron chi connectivity index (χ2n) is 3.19. The lowest BCUT2D eigenvalue weighted by atomic mass is 10.3. The van der Waals surface area contributed by atoms with Crippen LogP contribution in [-0.4, -0.2) is 52.9 Å². The van der Waals surface area contributed by atoms with Gasteiger partial charge >= 0.3 is 0 Å². The fourth-order valence-corrected chi connectivity index (χ4v) is 1.14. The van der Waals surface area contributed by atoms with E-state index in [1.54, 1.807) is 0 Å². The first kappa shape index (κ1) is 12.9. The van der Waals surface area contributed by atoms with Crippen molar-refractivity contribution in [2.75, 3.05) is 52.9 Å². The summed E-state index contributed by atoms with van der Waals surface area (Å²) in [5.41, 5.74) is 0. The number of hydrogen-bond acceptors (Lipinski definition) is 5. The second-order valence-corrected chi connectivity index (χ2v) is 3.19. The van der Waals surface area contributed by atoms with Gasteiger partial charge in [-0.2, -0.15) is 0 Å². The first-order valence-electron chi connectivity index (χ1n) is 5.48. The minimum absolute atomic E-state index is 0.444. The summed E-state index contributed by atoms with van der Waals surface area (Å²) in [6.45, 7) is 4.80. The summed E-state index contributed by atoms with van der Waals surface area (Å²) < 4.78 is 15.9. The molecule has 0 radical (unpaired) electrons. The molecule has 0 N–H and O–H groups in total. The van der Waals surface area contributed by atoms with Crippen molar-refractivity contribution in [3.8, 4) is 0 Å². The second kappa shape index (κ2) is 10.3. The van der Waals surface area contributed by atoms with Crippen LogP contribution in [0.5, 0.6) is 0 Å². The molecule has 0 aromatic carbocycles. The van der Waals surface area contributed by atoms with E-state index in [2.05, 4.69) is 0 Å². The highest BCUT2D eigenvalue weighted by Crippen LogP contribution is 1.93. The van der Waals surface area contributed by atoms with E-state index in [9.17, 15) is 0 Å². The maximum absolute atomic E-state index is 5.36. The first-order valence-corrected chi connectivity index (χ1v) is 5.48. The zero-order valence-electron chi connectivity index (χ0n) is 9.11. The Morgan fingerprint density at radius 1 is 0.400 bits per heavy atom. The van der Waals surface area contributed by atoms with E-state index in [0.29, 0.717) is 39.6 Å². The number of rotatable bonds is 0. The van der Waals surface area contributed by atoms with Gasteiger partial charge in [0.2, 0.25) is 0 Å². The average molecular weight is 220 g/mol. The highest BCUT2D eigenvalue weighted by molar-refractivity contribution is 4.39. The minimum atomic E-state index is 0.444. The Morgan fingerprint density at radius 2 is 0.800 bits per heavy atom. The molecule has 0 saturated carbocycles. The molecule has 0 aromatic heterocycles. The predicted molar refractivity (Wildman–Crippen MR) is 53.6 cm³/mol. The van der Waals surface area contributed by atoms with E-state index in [1.165, 1.54) is 0 Å². The summed E-state index contributed by atoms with van der Waals surface area (Å²) >= 11 is 0. The average Bonchev–Trinajstić information content (AvgIpc) is 2.27. The number of ether oxygens (including phenoxy) is 3. The molecular weight excluding hydrogens is 200 g/mol. The summed E-state index contributed by atoms with van der Waals surface area (Å²) in [4.78, 5) is 9.74. The van der Waals surface area contributed by atoms with Crippen LogP contribution in [0, 0.1) is 0 Å². The fourth-order valence-electron chi connectivity index (χ4n) is 1.14. The lowest BCUT2D eigenvalue weighted by Crippen LogP contribution is -2.10. The molecule has 15 heavy (non-hydrogen) atoms. The third kappa shape index (κ3) is 8.77. The van der Waals surface area contributed by atoms with Crippen LogP contribution in [0.25, 0.3) is 0 Å².